The van der Waals surface area contributed by atoms with E-state index in [1.165, 1.54) is 22.6 Å². The molecule has 1 N–H and O–H groups in total. The van der Waals surface area contributed by atoms with Crippen LogP contribution in [-0.4, -0.2) is 10.4 Å². The molecule has 1 nitrogen and oxygen atoms in total. The van der Waals surface area contributed by atoms with Gasteiger partial charge in [0.25, 0.3) is 0 Å². The quantitative estimate of drug-likeness (QED) is 0.747. The van der Waals surface area contributed by atoms with Crippen molar-refractivity contribution in [2.75, 3.05) is 0 Å². The normalized spacial score (nSPS) is 13.9. The van der Waals surface area contributed by atoms with Crippen molar-refractivity contribution in [3.8, 4) is 0 Å². The molecule has 2 rings (SSSR count). The molecule has 0 aliphatic rings. The molecule has 112 valence electrons. The average Bonchev–Trinajstić information content (AvgIpc) is 2.49. The van der Waals surface area contributed by atoms with Gasteiger partial charge in [0, 0.05) is 10.1 Å². The largest absolute Gasteiger partial charge is 0.388 e. The Labute approximate surface area is 130 Å². The maximum absolute atomic E-state index is 12.9. The lowest BCUT2D eigenvalue weighted by molar-refractivity contribution is 0.166. The van der Waals surface area contributed by atoms with E-state index in [1.54, 1.807) is 23.9 Å². The number of aryl methyl sites for hydroxylation is 1. The summed E-state index contributed by atoms with van der Waals surface area (Å²) in [5, 5.41) is 10.6. The molecule has 0 spiro atoms. The highest BCUT2D eigenvalue weighted by Crippen LogP contribution is 2.32. The van der Waals surface area contributed by atoms with Gasteiger partial charge in [-0.3, -0.25) is 0 Å². The van der Waals surface area contributed by atoms with Gasteiger partial charge in [0.2, 0.25) is 0 Å². The summed E-state index contributed by atoms with van der Waals surface area (Å²) < 4.78 is 12.9. The number of thioether (sulfide) groups is 1. The Balaban J connectivity index is 1.98. The fourth-order valence-corrected chi connectivity index (χ4v) is 3.30. The first-order chi connectivity index (χ1) is 10.1. The van der Waals surface area contributed by atoms with Gasteiger partial charge in [-0.2, -0.15) is 0 Å². The molecule has 0 saturated heterocycles. The Bertz CT molecular complexity index is 550. The third-order valence-electron chi connectivity index (χ3n) is 3.52. The van der Waals surface area contributed by atoms with Crippen LogP contribution in [0.3, 0.4) is 0 Å². The summed E-state index contributed by atoms with van der Waals surface area (Å²) in [6, 6.07) is 14.5. The zero-order valence-corrected chi connectivity index (χ0v) is 13.2. The van der Waals surface area contributed by atoms with Crippen LogP contribution in [0.15, 0.2) is 53.4 Å². The summed E-state index contributed by atoms with van der Waals surface area (Å²) in [7, 11) is 0. The van der Waals surface area contributed by atoms with Crippen molar-refractivity contribution in [1.82, 2.24) is 0 Å². The van der Waals surface area contributed by atoms with E-state index >= 15 is 0 Å². The van der Waals surface area contributed by atoms with Gasteiger partial charge in [-0.15, -0.1) is 11.8 Å². The van der Waals surface area contributed by atoms with Crippen LogP contribution in [0.4, 0.5) is 4.39 Å². The number of hydrogen-bond donors (Lipinski definition) is 1. The number of aliphatic hydroxyl groups is 1. The van der Waals surface area contributed by atoms with Crippen LogP contribution in [0.2, 0.25) is 0 Å². The molecular weight excluding hydrogens is 283 g/mol. The van der Waals surface area contributed by atoms with Gasteiger partial charge < -0.3 is 5.11 Å². The van der Waals surface area contributed by atoms with E-state index < -0.39 is 6.10 Å². The fraction of sp³-hybridized carbons (Fsp3) is 0.333. The lowest BCUT2D eigenvalue weighted by atomic mass is 10.0. The number of benzene rings is 2. The molecule has 0 aliphatic heterocycles. The monoisotopic (exact) mass is 304 g/mol. The van der Waals surface area contributed by atoms with Crippen LogP contribution in [0.1, 0.15) is 37.0 Å². The summed E-state index contributed by atoms with van der Waals surface area (Å²) in [5.74, 6) is -0.271. The van der Waals surface area contributed by atoms with E-state index in [2.05, 4.69) is 38.1 Å². The molecule has 0 aliphatic carbocycles. The van der Waals surface area contributed by atoms with E-state index in [9.17, 15) is 9.50 Å². The van der Waals surface area contributed by atoms with Gasteiger partial charge >= 0.3 is 0 Å². The first-order valence-electron chi connectivity index (χ1n) is 7.25. The second-order valence-corrected chi connectivity index (χ2v) is 6.64. The molecule has 2 unspecified atom stereocenters. The lowest BCUT2D eigenvalue weighted by Crippen LogP contribution is -2.08. The molecule has 0 saturated carbocycles. The molecular formula is C18H21FOS. The zero-order chi connectivity index (χ0) is 15.2. The first kappa shape index (κ1) is 16.1. The Hall–Kier alpha value is -1.32. The van der Waals surface area contributed by atoms with E-state index in [0.717, 1.165) is 12.0 Å². The van der Waals surface area contributed by atoms with E-state index in [4.69, 9.17) is 0 Å². The SMILES string of the molecule is CCC(CC(O)c1ccc(F)cc1)Sc1ccc(C)cc1. The van der Waals surface area contributed by atoms with Gasteiger partial charge in [0.15, 0.2) is 0 Å². The van der Waals surface area contributed by atoms with Crippen LogP contribution in [0.25, 0.3) is 0 Å². The number of aliphatic hydroxyl groups excluding tert-OH is 1. The highest BCUT2D eigenvalue weighted by molar-refractivity contribution is 8.00. The van der Waals surface area contributed by atoms with Crippen LogP contribution < -0.4 is 0 Å². The minimum Gasteiger partial charge on any atom is -0.388 e. The summed E-state index contributed by atoms with van der Waals surface area (Å²) in [5.41, 5.74) is 2.03. The Kier molecular flexibility index (Phi) is 5.83. The Morgan fingerprint density at radius 3 is 2.24 bits per heavy atom. The minimum absolute atomic E-state index is 0.271. The maximum atomic E-state index is 12.9. The number of rotatable bonds is 6. The maximum Gasteiger partial charge on any atom is 0.123 e. The van der Waals surface area contributed by atoms with Crippen molar-refractivity contribution in [2.24, 2.45) is 0 Å². The Morgan fingerprint density at radius 1 is 1.05 bits per heavy atom. The second kappa shape index (κ2) is 7.62. The minimum atomic E-state index is -0.548. The van der Waals surface area contributed by atoms with Crippen LogP contribution in [-0.2, 0) is 0 Å². The zero-order valence-electron chi connectivity index (χ0n) is 12.4. The van der Waals surface area contributed by atoms with E-state index in [1.807, 2.05) is 0 Å². The molecule has 21 heavy (non-hydrogen) atoms. The third kappa shape index (κ3) is 4.87. The van der Waals surface area contributed by atoms with Crippen molar-refractivity contribution in [3.63, 3.8) is 0 Å². The fourth-order valence-electron chi connectivity index (χ4n) is 2.18. The van der Waals surface area contributed by atoms with Crippen molar-refractivity contribution < 1.29 is 9.50 Å². The molecule has 0 radical (unpaired) electrons. The summed E-state index contributed by atoms with van der Waals surface area (Å²) in [6.07, 6.45) is 1.10. The highest BCUT2D eigenvalue weighted by Gasteiger charge is 2.16. The smallest absolute Gasteiger partial charge is 0.123 e. The third-order valence-corrected chi connectivity index (χ3v) is 4.92. The summed E-state index contributed by atoms with van der Waals surface area (Å²) in [6.45, 7) is 4.20. The van der Waals surface area contributed by atoms with Gasteiger partial charge in [-0.25, -0.2) is 4.39 Å². The Morgan fingerprint density at radius 2 is 1.67 bits per heavy atom. The molecule has 2 atom stereocenters. The molecule has 2 aromatic rings. The topological polar surface area (TPSA) is 20.2 Å². The second-order valence-electron chi connectivity index (χ2n) is 5.26. The van der Waals surface area contributed by atoms with E-state index in [-0.39, 0.29) is 5.82 Å². The predicted octanol–water partition coefficient (Wildman–Crippen LogP) is 5.13. The molecule has 0 heterocycles. The van der Waals surface area contributed by atoms with Crippen molar-refractivity contribution in [2.45, 2.75) is 42.9 Å². The standard InChI is InChI=1S/C18H21FOS/c1-3-16(21-17-10-4-13(2)5-11-17)12-18(20)14-6-8-15(19)9-7-14/h4-11,16,18,20H,3,12H2,1-2H3. The van der Waals surface area contributed by atoms with Gasteiger partial charge in [-0.1, -0.05) is 36.8 Å². The van der Waals surface area contributed by atoms with E-state index in [0.29, 0.717) is 11.7 Å². The van der Waals surface area contributed by atoms with Gasteiger partial charge in [-0.05, 0) is 49.6 Å². The van der Waals surface area contributed by atoms with Crippen molar-refractivity contribution in [1.29, 1.82) is 0 Å². The molecule has 0 aromatic heterocycles. The van der Waals surface area contributed by atoms with Crippen molar-refractivity contribution in [3.05, 3.63) is 65.5 Å². The average molecular weight is 304 g/mol. The van der Waals surface area contributed by atoms with Crippen LogP contribution in [0.5, 0.6) is 0 Å². The predicted molar refractivity (Wildman–Crippen MR) is 87.1 cm³/mol. The van der Waals surface area contributed by atoms with Crippen molar-refractivity contribution >= 4 is 11.8 Å². The number of halogens is 1. The van der Waals surface area contributed by atoms with Gasteiger partial charge in [0.05, 0.1) is 6.10 Å². The first-order valence-corrected chi connectivity index (χ1v) is 8.13. The molecule has 2 aromatic carbocycles. The summed E-state index contributed by atoms with van der Waals surface area (Å²) in [4.78, 5) is 1.22. The van der Waals surface area contributed by atoms with Crippen LogP contribution >= 0.6 is 11.8 Å². The van der Waals surface area contributed by atoms with Crippen LogP contribution in [0, 0.1) is 12.7 Å². The molecule has 0 bridgehead atoms. The molecule has 0 amide bonds. The molecule has 0 fully saturated rings. The lowest BCUT2D eigenvalue weighted by Gasteiger charge is -2.19. The number of hydrogen-bond acceptors (Lipinski definition) is 2. The van der Waals surface area contributed by atoms with Gasteiger partial charge in [0.1, 0.15) is 5.82 Å². The highest BCUT2D eigenvalue weighted by atomic mass is 32.2. The summed E-state index contributed by atoms with van der Waals surface area (Å²) >= 11 is 1.79. The molecule has 3 heteroatoms.